The summed E-state index contributed by atoms with van der Waals surface area (Å²) in [5, 5.41) is 10.9. The van der Waals surface area contributed by atoms with Crippen molar-refractivity contribution >= 4 is 39.8 Å². The lowest BCUT2D eigenvalue weighted by atomic mass is 10.3. The molecule has 0 aliphatic carbocycles. The molecule has 0 radical (unpaired) electrons. The van der Waals surface area contributed by atoms with Gasteiger partial charge in [0, 0.05) is 18.8 Å². The molecule has 1 aromatic heterocycles. The molecule has 0 saturated carbocycles. The van der Waals surface area contributed by atoms with Crippen LogP contribution in [0.4, 0.5) is 0 Å². The average Bonchev–Trinajstić information content (AvgIpc) is 3.20. The van der Waals surface area contributed by atoms with Gasteiger partial charge in [-0.3, -0.25) is 0 Å². The van der Waals surface area contributed by atoms with E-state index in [-0.39, 0.29) is 41.5 Å². The number of hydrogen-bond acceptors (Lipinski definition) is 4. The van der Waals surface area contributed by atoms with Crippen LogP contribution in [-0.4, -0.2) is 48.3 Å². The first-order valence-corrected chi connectivity index (χ1v) is 10.2. The first-order valence-electron chi connectivity index (χ1n) is 8.41. The molecule has 0 amide bonds. The van der Waals surface area contributed by atoms with Crippen LogP contribution in [0, 0.1) is 0 Å². The van der Waals surface area contributed by atoms with E-state index in [1.807, 2.05) is 54.2 Å². The lowest BCUT2D eigenvalue weighted by Crippen LogP contribution is -2.44. The molecule has 2 aromatic rings. The van der Waals surface area contributed by atoms with Crippen molar-refractivity contribution in [3.8, 4) is 5.69 Å². The third-order valence-corrected chi connectivity index (χ3v) is 5.75. The van der Waals surface area contributed by atoms with Gasteiger partial charge < -0.3 is 10.6 Å². The number of guanidine groups is 1. The van der Waals surface area contributed by atoms with Crippen molar-refractivity contribution in [3.63, 3.8) is 0 Å². The predicted octanol–water partition coefficient (Wildman–Crippen LogP) is 1.73. The fourth-order valence-electron chi connectivity index (χ4n) is 2.75. The number of halogens is 1. The average molecular weight is 489 g/mol. The van der Waals surface area contributed by atoms with Crippen LogP contribution in [0.15, 0.2) is 47.6 Å². The van der Waals surface area contributed by atoms with E-state index >= 15 is 0 Å². The fraction of sp³-hybridized carbons (Fsp3) is 0.412. The zero-order chi connectivity index (χ0) is 17.7. The fourth-order valence-corrected chi connectivity index (χ4v) is 4.43. The Hall–Kier alpha value is -1.62. The molecule has 3 rings (SSSR count). The molecule has 1 atom stereocenters. The minimum absolute atomic E-state index is 0. The minimum atomic E-state index is -2.91. The number of aromatic nitrogens is 2. The Kier molecular flexibility index (Phi) is 7.44. The summed E-state index contributed by atoms with van der Waals surface area (Å²) in [6.07, 6.45) is 2.53. The van der Waals surface area contributed by atoms with Crippen LogP contribution in [0.25, 0.3) is 5.69 Å². The molecular weight excluding hydrogens is 465 g/mol. The topological polar surface area (TPSA) is 88.4 Å². The van der Waals surface area contributed by atoms with Crippen molar-refractivity contribution in [2.24, 2.45) is 4.99 Å². The molecule has 1 saturated heterocycles. The Morgan fingerprint density at radius 3 is 2.73 bits per heavy atom. The van der Waals surface area contributed by atoms with E-state index < -0.39 is 9.84 Å². The molecule has 1 aliphatic rings. The van der Waals surface area contributed by atoms with Gasteiger partial charge in [-0.15, -0.1) is 24.0 Å². The van der Waals surface area contributed by atoms with Gasteiger partial charge in [0.2, 0.25) is 0 Å². The summed E-state index contributed by atoms with van der Waals surface area (Å²) in [5.41, 5.74) is 1.85. The number of sulfone groups is 1. The van der Waals surface area contributed by atoms with Crippen molar-refractivity contribution in [1.82, 2.24) is 20.4 Å². The molecule has 7 nitrogen and oxygen atoms in total. The molecule has 142 valence electrons. The van der Waals surface area contributed by atoms with Crippen molar-refractivity contribution in [3.05, 3.63) is 48.3 Å². The summed E-state index contributed by atoms with van der Waals surface area (Å²) in [5.74, 6) is 1.03. The van der Waals surface area contributed by atoms with Crippen LogP contribution >= 0.6 is 24.0 Å². The standard InChI is InChI=1S/C17H23N5O2S.HI/c1-2-18-17(20-15-9-11-25(23,24)13-15)19-12-14-8-10-22(21-14)16-6-4-3-5-7-16;/h3-8,10,15H,2,9,11-13H2,1H3,(H2,18,19,20);1H. The van der Waals surface area contributed by atoms with Crippen molar-refractivity contribution in [2.75, 3.05) is 18.1 Å². The van der Waals surface area contributed by atoms with Gasteiger partial charge in [0.05, 0.1) is 29.4 Å². The molecule has 26 heavy (non-hydrogen) atoms. The third kappa shape index (κ3) is 5.70. The molecule has 2 heterocycles. The second-order valence-corrected chi connectivity index (χ2v) is 8.26. The zero-order valence-corrected chi connectivity index (χ0v) is 17.8. The van der Waals surface area contributed by atoms with Crippen LogP contribution < -0.4 is 10.6 Å². The molecule has 1 unspecified atom stereocenters. The Labute approximate surface area is 171 Å². The second kappa shape index (κ2) is 9.36. The third-order valence-electron chi connectivity index (χ3n) is 3.98. The zero-order valence-electron chi connectivity index (χ0n) is 14.6. The summed E-state index contributed by atoms with van der Waals surface area (Å²) >= 11 is 0. The molecule has 1 aliphatic heterocycles. The molecule has 0 bridgehead atoms. The summed E-state index contributed by atoms with van der Waals surface area (Å²) in [4.78, 5) is 4.53. The smallest absolute Gasteiger partial charge is 0.191 e. The largest absolute Gasteiger partial charge is 0.357 e. The monoisotopic (exact) mass is 489 g/mol. The van der Waals surface area contributed by atoms with Gasteiger partial charge in [-0.25, -0.2) is 18.1 Å². The summed E-state index contributed by atoms with van der Waals surface area (Å²) < 4.78 is 25.0. The van der Waals surface area contributed by atoms with Gasteiger partial charge in [0.1, 0.15) is 0 Å². The first kappa shape index (κ1) is 20.7. The highest BCUT2D eigenvalue weighted by Crippen LogP contribution is 2.11. The molecule has 1 aromatic carbocycles. The van der Waals surface area contributed by atoms with E-state index in [0.29, 0.717) is 25.5 Å². The van der Waals surface area contributed by atoms with Gasteiger partial charge in [-0.2, -0.15) is 5.10 Å². The number of rotatable bonds is 5. The highest BCUT2D eigenvalue weighted by Gasteiger charge is 2.28. The number of benzene rings is 1. The van der Waals surface area contributed by atoms with E-state index in [2.05, 4.69) is 20.7 Å². The van der Waals surface area contributed by atoms with Crippen LogP contribution in [0.5, 0.6) is 0 Å². The van der Waals surface area contributed by atoms with Crippen molar-refractivity contribution in [2.45, 2.75) is 25.9 Å². The molecule has 9 heteroatoms. The van der Waals surface area contributed by atoms with Crippen LogP contribution in [0.3, 0.4) is 0 Å². The van der Waals surface area contributed by atoms with E-state index in [9.17, 15) is 8.42 Å². The van der Waals surface area contributed by atoms with Gasteiger partial charge >= 0.3 is 0 Å². The summed E-state index contributed by atoms with van der Waals surface area (Å²) in [6, 6.07) is 11.7. The summed E-state index contributed by atoms with van der Waals surface area (Å²) in [7, 11) is -2.91. The SMILES string of the molecule is CCNC(=NCc1ccn(-c2ccccc2)n1)NC1CCS(=O)(=O)C1.I. The molecular formula is C17H24IN5O2S. The maximum absolute atomic E-state index is 11.6. The van der Waals surface area contributed by atoms with Crippen molar-refractivity contribution in [1.29, 1.82) is 0 Å². The Morgan fingerprint density at radius 2 is 2.08 bits per heavy atom. The highest BCUT2D eigenvalue weighted by molar-refractivity contribution is 14.0. The van der Waals surface area contributed by atoms with Crippen LogP contribution in [-0.2, 0) is 16.4 Å². The van der Waals surface area contributed by atoms with Crippen molar-refractivity contribution < 1.29 is 8.42 Å². The molecule has 2 N–H and O–H groups in total. The second-order valence-electron chi connectivity index (χ2n) is 6.03. The van der Waals surface area contributed by atoms with E-state index in [0.717, 1.165) is 11.4 Å². The number of para-hydroxylation sites is 1. The normalized spacial score (nSPS) is 19.0. The number of nitrogens with one attached hydrogen (secondary N) is 2. The van der Waals surface area contributed by atoms with E-state index in [1.165, 1.54) is 0 Å². The Balaban J connectivity index is 0.00000243. The van der Waals surface area contributed by atoms with E-state index in [4.69, 9.17) is 0 Å². The molecule has 1 fully saturated rings. The maximum Gasteiger partial charge on any atom is 0.191 e. The Bertz CT molecular complexity index is 836. The lowest BCUT2D eigenvalue weighted by molar-refractivity contribution is 0.599. The van der Waals surface area contributed by atoms with Gasteiger partial charge in [-0.05, 0) is 31.5 Å². The molecule has 0 spiro atoms. The van der Waals surface area contributed by atoms with Crippen LogP contribution in [0.1, 0.15) is 19.0 Å². The van der Waals surface area contributed by atoms with Gasteiger partial charge in [0.15, 0.2) is 15.8 Å². The summed E-state index contributed by atoms with van der Waals surface area (Å²) in [6.45, 7) is 3.12. The number of nitrogens with zero attached hydrogens (tertiary/aromatic N) is 3. The van der Waals surface area contributed by atoms with Crippen LogP contribution in [0.2, 0.25) is 0 Å². The maximum atomic E-state index is 11.6. The predicted molar refractivity (Wildman–Crippen MR) is 114 cm³/mol. The van der Waals surface area contributed by atoms with E-state index in [1.54, 1.807) is 0 Å². The quantitative estimate of drug-likeness (QED) is 0.380. The van der Waals surface area contributed by atoms with Gasteiger partial charge in [0.25, 0.3) is 0 Å². The number of aliphatic imine (C=N–C) groups is 1. The Morgan fingerprint density at radius 1 is 1.31 bits per heavy atom. The number of hydrogen-bond donors (Lipinski definition) is 2. The minimum Gasteiger partial charge on any atom is -0.357 e. The first-order chi connectivity index (χ1) is 12.1. The van der Waals surface area contributed by atoms with Gasteiger partial charge in [-0.1, -0.05) is 18.2 Å². The highest BCUT2D eigenvalue weighted by atomic mass is 127. The lowest BCUT2D eigenvalue weighted by Gasteiger charge is -2.15.